The van der Waals surface area contributed by atoms with Crippen molar-refractivity contribution in [2.75, 3.05) is 13.2 Å². The second-order valence-corrected chi connectivity index (χ2v) is 7.24. The van der Waals surface area contributed by atoms with Crippen molar-refractivity contribution in [1.29, 1.82) is 0 Å². The molecule has 0 aromatic heterocycles. The lowest BCUT2D eigenvalue weighted by Crippen LogP contribution is -2.69. The molecule has 0 bridgehead atoms. The number of rotatable bonds is 12. The summed E-state index contributed by atoms with van der Waals surface area (Å²) in [5, 5.41) is -4.33. The topological polar surface area (TPSA) is 18.5 Å². The molecule has 0 saturated heterocycles. The fraction of sp³-hybridized carbons (Fsp3) is 1.00. The first-order valence-electron chi connectivity index (χ1n) is 7.39. The lowest BCUT2D eigenvalue weighted by Gasteiger charge is -2.39. The van der Waals surface area contributed by atoms with Crippen molar-refractivity contribution in [3.8, 4) is 0 Å². The molecule has 0 spiro atoms. The standard InChI is InChI=1S/C8H4F13.2C2H5O.Al/c9-1-5(14,15)7(18,19)8(20,21)6(16,17)3(11)2(10)4(12)13;2*1-2-3;/h1-4H;2*2H2,1H3;/q;2*-1;+2. The summed E-state index contributed by atoms with van der Waals surface area (Å²) >= 11 is -4.50. The minimum Gasteiger partial charge on any atom is -0.477 e. The molecule has 2 nitrogen and oxygen atoms in total. The largest absolute Gasteiger partial charge is 0.719 e. The predicted octanol–water partition coefficient (Wildman–Crippen LogP) is 4.91. The maximum atomic E-state index is 13.8. The van der Waals surface area contributed by atoms with Crippen LogP contribution in [0.25, 0.3) is 0 Å². The summed E-state index contributed by atoms with van der Waals surface area (Å²) in [5.41, 5.74) is 0. The molecule has 0 rings (SSSR count). The fourth-order valence-corrected chi connectivity index (χ4v) is 3.45. The van der Waals surface area contributed by atoms with Crippen LogP contribution in [-0.4, -0.2) is 75.5 Å². The van der Waals surface area contributed by atoms with E-state index >= 15 is 0 Å². The van der Waals surface area contributed by atoms with E-state index in [4.69, 9.17) is 0 Å². The minimum atomic E-state index is -7.47. The first-order chi connectivity index (χ1) is 12.4. The third-order valence-corrected chi connectivity index (χ3v) is 5.57. The minimum absolute atomic E-state index is 0.601. The number of hydrogen-bond donors (Lipinski definition) is 0. The summed E-state index contributed by atoms with van der Waals surface area (Å²) in [6.07, 6.45) is -14.7. The summed E-state index contributed by atoms with van der Waals surface area (Å²) in [4.78, 5) is 0. The van der Waals surface area contributed by atoms with Gasteiger partial charge in [-0.2, -0.15) is 35.1 Å². The van der Waals surface area contributed by atoms with E-state index in [1.165, 1.54) is 0 Å². The van der Waals surface area contributed by atoms with Crippen molar-refractivity contribution < 1.29 is 64.7 Å². The van der Waals surface area contributed by atoms with Crippen molar-refractivity contribution in [1.82, 2.24) is 0 Å². The van der Waals surface area contributed by atoms with Crippen molar-refractivity contribution >= 4 is 14.8 Å². The van der Waals surface area contributed by atoms with Crippen LogP contribution in [0.2, 0.25) is 0 Å². The molecule has 0 N–H and O–H groups in total. The third kappa shape index (κ3) is 4.81. The van der Waals surface area contributed by atoms with E-state index in [0.29, 0.717) is 0 Å². The Morgan fingerprint density at radius 2 is 1.04 bits per heavy atom. The molecular formula is C12H14AlF13O2. The van der Waals surface area contributed by atoms with Gasteiger partial charge in [-0.15, -0.1) is 0 Å². The van der Waals surface area contributed by atoms with Crippen molar-refractivity contribution in [3.63, 3.8) is 0 Å². The lowest BCUT2D eigenvalue weighted by molar-refractivity contribution is -0.384. The molecule has 0 saturated carbocycles. The summed E-state index contributed by atoms with van der Waals surface area (Å²) in [6.45, 7) is 0.917. The van der Waals surface area contributed by atoms with E-state index in [1.54, 1.807) is 0 Å². The highest BCUT2D eigenvalue weighted by atomic mass is 27.2. The number of halogens is 13. The smallest absolute Gasteiger partial charge is 0.477 e. The summed E-state index contributed by atoms with van der Waals surface area (Å²) in [5.74, 6) is -28.5. The van der Waals surface area contributed by atoms with Crippen LogP contribution in [0.4, 0.5) is 57.1 Å². The van der Waals surface area contributed by atoms with Gasteiger partial charge < -0.3 is 7.58 Å². The van der Waals surface area contributed by atoms with Gasteiger partial charge in [-0.25, -0.2) is 17.6 Å². The molecule has 0 aromatic carbocycles. The second-order valence-electron chi connectivity index (χ2n) is 5.26. The molecule has 3 unspecified atom stereocenters. The van der Waals surface area contributed by atoms with Crippen LogP contribution in [0.15, 0.2) is 0 Å². The Hall–Kier alpha value is -0.458. The molecule has 0 amide bonds. The molecule has 0 radical (unpaired) electrons. The Morgan fingerprint density at radius 1 is 0.679 bits per heavy atom. The van der Waals surface area contributed by atoms with Crippen LogP contribution in [0.5, 0.6) is 0 Å². The van der Waals surface area contributed by atoms with Crippen molar-refractivity contribution in [2.24, 2.45) is 0 Å². The molecular weight excluding hydrogens is 450 g/mol. The lowest BCUT2D eigenvalue weighted by atomic mass is 9.94. The monoisotopic (exact) mass is 464 g/mol. The molecule has 0 aliphatic rings. The summed E-state index contributed by atoms with van der Waals surface area (Å²) < 4.78 is 180. The van der Waals surface area contributed by atoms with Gasteiger partial charge in [-0.3, -0.25) is 4.39 Å². The van der Waals surface area contributed by atoms with Gasteiger partial charge >= 0.3 is 38.5 Å². The van der Waals surface area contributed by atoms with E-state index < -0.39 is 75.5 Å². The Balaban J connectivity index is 6.07. The summed E-state index contributed by atoms with van der Waals surface area (Å²) in [7, 11) is 0. The van der Waals surface area contributed by atoms with Crippen LogP contribution in [0.1, 0.15) is 13.8 Å². The van der Waals surface area contributed by atoms with Crippen molar-refractivity contribution in [2.45, 2.75) is 61.3 Å². The zero-order valence-electron chi connectivity index (χ0n) is 14.0. The number of hydrogen-bond acceptors (Lipinski definition) is 2. The maximum absolute atomic E-state index is 13.8. The van der Waals surface area contributed by atoms with Crippen LogP contribution in [0, 0.1) is 0 Å². The van der Waals surface area contributed by atoms with Crippen molar-refractivity contribution in [3.05, 3.63) is 0 Å². The average Bonchev–Trinajstić information content (AvgIpc) is 2.58. The molecule has 0 heterocycles. The quantitative estimate of drug-likeness (QED) is 0.302. The molecule has 0 aliphatic carbocycles. The SMILES string of the molecule is CC[O][Al]([O]CC)[CH](F)C(F)(F)C(F)(F)C(F)(F)C(F)(F)C(F)C(F)C(F)F. The van der Waals surface area contributed by atoms with Gasteiger partial charge in [0.15, 0.2) is 11.2 Å². The molecule has 16 heteroatoms. The van der Waals surface area contributed by atoms with Gasteiger partial charge in [0.1, 0.15) is 0 Å². The third-order valence-electron chi connectivity index (χ3n) is 3.35. The van der Waals surface area contributed by atoms with Gasteiger partial charge in [0.2, 0.25) is 6.17 Å². The average molecular weight is 464 g/mol. The molecule has 168 valence electrons. The first-order valence-corrected chi connectivity index (χ1v) is 9.00. The molecule has 0 aromatic rings. The second kappa shape index (κ2) is 9.57. The molecule has 28 heavy (non-hydrogen) atoms. The van der Waals surface area contributed by atoms with Crippen LogP contribution in [-0.2, 0) is 7.58 Å². The van der Waals surface area contributed by atoms with Gasteiger partial charge in [-0.05, 0) is 13.8 Å². The Morgan fingerprint density at radius 3 is 1.36 bits per heavy atom. The normalized spacial score (nSPS) is 17.6. The van der Waals surface area contributed by atoms with Gasteiger partial charge in [-0.1, -0.05) is 0 Å². The zero-order chi connectivity index (χ0) is 22.7. The van der Waals surface area contributed by atoms with Crippen LogP contribution in [0.3, 0.4) is 0 Å². The highest BCUT2D eigenvalue weighted by Crippen LogP contribution is 2.56. The molecule has 3 atom stereocenters. The van der Waals surface area contributed by atoms with E-state index in [-0.39, 0.29) is 0 Å². The van der Waals surface area contributed by atoms with E-state index in [1.807, 2.05) is 0 Å². The fourth-order valence-electron chi connectivity index (χ4n) is 1.81. The highest BCUT2D eigenvalue weighted by molar-refractivity contribution is 6.46. The Kier molecular flexibility index (Phi) is 9.41. The first kappa shape index (κ1) is 27.5. The van der Waals surface area contributed by atoms with E-state index in [9.17, 15) is 57.1 Å². The summed E-state index contributed by atoms with van der Waals surface area (Å²) in [6, 6.07) is 0. The maximum Gasteiger partial charge on any atom is 0.719 e. The highest BCUT2D eigenvalue weighted by Gasteiger charge is 2.85. The van der Waals surface area contributed by atoms with Crippen LogP contribution < -0.4 is 0 Å². The Bertz CT molecular complexity index is 484. The zero-order valence-corrected chi connectivity index (χ0v) is 15.2. The van der Waals surface area contributed by atoms with Gasteiger partial charge in [0.25, 0.3) is 6.43 Å². The van der Waals surface area contributed by atoms with E-state index in [0.717, 1.165) is 13.8 Å². The predicted molar refractivity (Wildman–Crippen MR) is 69.5 cm³/mol. The van der Waals surface area contributed by atoms with Gasteiger partial charge in [0, 0.05) is 13.2 Å². The molecule has 0 fully saturated rings. The number of alkyl halides is 13. The molecule has 0 aliphatic heterocycles. The van der Waals surface area contributed by atoms with Crippen LogP contribution >= 0.6 is 0 Å². The van der Waals surface area contributed by atoms with E-state index in [2.05, 4.69) is 7.58 Å². The Labute approximate surface area is 155 Å². The van der Waals surface area contributed by atoms with Gasteiger partial charge in [0.05, 0.1) is 0 Å².